The van der Waals surface area contributed by atoms with E-state index in [4.69, 9.17) is 14.9 Å². The maximum Gasteiger partial charge on any atom is 0.261 e. The number of methoxy groups -OCH3 is 1. The second-order valence-corrected chi connectivity index (χ2v) is 9.61. The van der Waals surface area contributed by atoms with Crippen LogP contribution in [0.3, 0.4) is 0 Å². The molecule has 1 atom stereocenters. The molecule has 3 aromatic carbocycles. The van der Waals surface area contributed by atoms with E-state index in [1.165, 1.54) is 18.9 Å². The van der Waals surface area contributed by atoms with Crippen LogP contribution in [0.5, 0.6) is 5.75 Å². The number of hydrogen-bond acceptors (Lipinski definition) is 8. The molecule has 0 aliphatic carbocycles. The average molecular weight is 491 g/mol. The number of nitrogens with two attached hydrogens (primary N) is 1. The second kappa shape index (κ2) is 9.16. The Bertz CT molecular complexity index is 1530. The predicted octanol–water partition coefficient (Wildman–Crippen LogP) is 5.02. The van der Waals surface area contributed by atoms with Crippen molar-refractivity contribution in [3.05, 3.63) is 77.9 Å². The number of carbonyl (C=O) groups excluding carboxylic acids is 2. The lowest BCUT2D eigenvalue weighted by Crippen LogP contribution is -2.18. The van der Waals surface area contributed by atoms with Crippen LogP contribution in [0.2, 0.25) is 0 Å². The quantitative estimate of drug-likeness (QED) is 0.243. The van der Waals surface area contributed by atoms with Crippen LogP contribution in [-0.2, 0) is 4.79 Å². The summed E-state index contributed by atoms with van der Waals surface area (Å²) in [5.41, 5.74) is 8.23. The van der Waals surface area contributed by atoms with Crippen molar-refractivity contribution < 1.29 is 18.7 Å². The van der Waals surface area contributed by atoms with Gasteiger partial charge < -0.3 is 14.9 Å². The van der Waals surface area contributed by atoms with Gasteiger partial charge in [-0.2, -0.15) is 0 Å². The van der Waals surface area contributed by atoms with Crippen molar-refractivity contribution in [2.24, 2.45) is 5.73 Å². The topological polar surface area (TPSA) is 120 Å². The van der Waals surface area contributed by atoms with Gasteiger partial charge in [-0.25, -0.2) is 0 Å². The van der Waals surface area contributed by atoms with Crippen LogP contribution >= 0.6 is 23.1 Å². The highest BCUT2D eigenvalue weighted by atomic mass is 32.2. The van der Waals surface area contributed by atoms with Crippen molar-refractivity contribution in [3.8, 4) is 5.75 Å². The first kappa shape index (κ1) is 21.9. The highest BCUT2D eigenvalue weighted by Crippen LogP contribution is 2.39. The number of primary amides is 1. The van der Waals surface area contributed by atoms with E-state index >= 15 is 0 Å². The summed E-state index contributed by atoms with van der Waals surface area (Å²) in [6, 6.07) is 20.2. The summed E-state index contributed by atoms with van der Waals surface area (Å²) in [6.07, 6.45) is 0. The number of hydrogen-bond donors (Lipinski definition) is 2. The van der Waals surface area contributed by atoms with Crippen molar-refractivity contribution in [2.45, 2.75) is 9.59 Å². The van der Waals surface area contributed by atoms with Gasteiger partial charge in [0.05, 0.1) is 12.7 Å². The molecule has 34 heavy (non-hydrogen) atoms. The fourth-order valence-electron chi connectivity index (χ4n) is 3.60. The molecule has 2 amide bonds. The Balaban J connectivity index is 1.37. The smallest absolute Gasteiger partial charge is 0.261 e. The van der Waals surface area contributed by atoms with Gasteiger partial charge in [0.2, 0.25) is 11.0 Å². The number of anilines is 1. The first-order valence-corrected chi connectivity index (χ1v) is 11.9. The van der Waals surface area contributed by atoms with E-state index in [0.717, 1.165) is 27.7 Å². The highest BCUT2D eigenvalue weighted by Gasteiger charge is 2.23. The molecule has 1 unspecified atom stereocenters. The van der Waals surface area contributed by atoms with Gasteiger partial charge in [0.15, 0.2) is 4.34 Å². The maximum absolute atomic E-state index is 12.6. The fraction of sp³-hybridized carbons (Fsp3) is 0.0833. The van der Waals surface area contributed by atoms with Crippen LogP contribution in [0.25, 0.3) is 21.9 Å². The van der Waals surface area contributed by atoms with Gasteiger partial charge >= 0.3 is 0 Å². The minimum atomic E-state index is -0.705. The lowest BCUT2D eigenvalue weighted by molar-refractivity contribution is -0.117. The summed E-state index contributed by atoms with van der Waals surface area (Å²) in [6.45, 7) is 0. The Morgan fingerprint density at radius 2 is 1.79 bits per heavy atom. The third-order valence-corrected chi connectivity index (χ3v) is 7.36. The van der Waals surface area contributed by atoms with Gasteiger partial charge in [-0.1, -0.05) is 65.6 Å². The maximum atomic E-state index is 12.6. The summed E-state index contributed by atoms with van der Waals surface area (Å²) in [7, 11) is 1.50. The lowest BCUT2D eigenvalue weighted by atomic mass is 10.1. The Morgan fingerprint density at radius 3 is 2.62 bits per heavy atom. The van der Waals surface area contributed by atoms with Gasteiger partial charge in [-0.3, -0.25) is 14.9 Å². The van der Waals surface area contributed by atoms with Crippen molar-refractivity contribution in [1.29, 1.82) is 0 Å². The Kier molecular flexibility index (Phi) is 5.91. The van der Waals surface area contributed by atoms with E-state index in [1.54, 1.807) is 24.3 Å². The van der Waals surface area contributed by atoms with Gasteiger partial charge in [-0.15, -0.1) is 10.2 Å². The van der Waals surface area contributed by atoms with Gasteiger partial charge in [-0.05, 0) is 29.8 Å². The average Bonchev–Trinajstić information content (AvgIpc) is 3.45. The number of nitrogens with one attached hydrogen (secondary N) is 1. The minimum Gasteiger partial charge on any atom is -0.496 e. The zero-order valence-electron chi connectivity index (χ0n) is 17.8. The van der Waals surface area contributed by atoms with Crippen LogP contribution < -0.4 is 15.8 Å². The standard InChI is InChI=1S/C24H18N4O4S2/c1-31-17-8-4-3-7-16(17)22(30)26-23-27-28-24(34-23)33-20(21(25)29)13-10-11-15-14-6-2-5-9-18(14)32-19(15)12-13/h2-12,20H,1H3,(H2,25,29)(H,26,27,30). The summed E-state index contributed by atoms with van der Waals surface area (Å²) in [4.78, 5) is 24.9. The fourth-order valence-corrected chi connectivity index (χ4v) is 5.48. The molecule has 0 bridgehead atoms. The van der Waals surface area contributed by atoms with Crippen LogP contribution in [0.4, 0.5) is 5.13 Å². The van der Waals surface area contributed by atoms with Crippen molar-refractivity contribution in [3.63, 3.8) is 0 Å². The number of furan rings is 1. The number of benzene rings is 3. The third-order valence-electron chi connectivity index (χ3n) is 5.16. The number of thioether (sulfide) groups is 1. The molecule has 10 heteroatoms. The highest BCUT2D eigenvalue weighted by molar-refractivity contribution is 8.01. The number of ether oxygens (including phenoxy) is 1. The molecule has 0 aliphatic heterocycles. The van der Waals surface area contributed by atoms with Crippen molar-refractivity contribution >= 4 is 62.0 Å². The number of aromatic nitrogens is 2. The number of rotatable bonds is 7. The molecular formula is C24H18N4O4S2. The van der Waals surface area contributed by atoms with E-state index in [-0.39, 0.29) is 5.91 Å². The molecule has 8 nitrogen and oxygen atoms in total. The number of amides is 2. The Labute approximate surface area is 202 Å². The number of para-hydroxylation sites is 2. The SMILES string of the molecule is COc1ccccc1C(=O)Nc1nnc(SC(C(N)=O)c2ccc3c(c2)oc2ccccc23)s1. The molecular weight excluding hydrogens is 472 g/mol. The molecule has 2 heterocycles. The normalized spacial score (nSPS) is 12.0. The molecule has 0 radical (unpaired) electrons. The molecule has 0 spiro atoms. The summed E-state index contributed by atoms with van der Waals surface area (Å²) in [5, 5.41) is 12.4. The van der Waals surface area contributed by atoms with Crippen LogP contribution in [0.15, 0.2) is 75.5 Å². The van der Waals surface area contributed by atoms with Gasteiger partial charge in [0.25, 0.3) is 5.91 Å². The third kappa shape index (κ3) is 4.20. The zero-order chi connectivity index (χ0) is 23.7. The van der Waals surface area contributed by atoms with Gasteiger partial charge in [0, 0.05) is 10.8 Å². The molecule has 0 saturated carbocycles. The summed E-state index contributed by atoms with van der Waals surface area (Å²) in [5.74, 6) is -0.434. The lowest BCUT2D eigenvalue weighted by Gasteiger charge is -2.11. The van der Waals surface area contributed by atoms with E-state index in [0.29, 0.717) is 31.9 Å². The Hall–Kier alpha value is -3.89. The molecule has 170 valence electrons. The first-order valence-electron chi connectivity index (χ1n) is 10.2. The monoisotopic (exact) mass is 490 g/mol. The summed E-state index contributed by atoms with van der Waals surface area (Å²) >= 11 is 2.32. The summed E-state index contributed by atoms with van der Waals surface area (Å²) < 4.78 is 11.7. The number of fused-ring (bicyclic) bond motifs is 3. The molecule has 2 aromatic heterocycles. The van der Waals surface area contributed by atoms with E-state index in [1.807, 2.05) is 42.5 Å². The molecule has 3 N–H and O–H groups in total. The second-order valence-electron chi connectivity index (χ2n) is 7.28. The van der Waals surface area contributed by atoms with E-state index in [2.05, 4.69) is 15.5 Å². The number of nitrogens with zero attached hydrogens (tertiary/aromatic N) is 2. The van der Waals surface area contributed by atoms with Crippen molar-refractivity contribution in [2.75, 3.05) is 12.4 Å². The van der Waals surface area contributed by atoms with Crippen molar-refractivity contribution in [1.82, 2.24) is 10.2 Å². The predicted molar refractivity (Wildman–Crippen MR) is 132 cm³/mol. The van der Waals surface area contributed by atoms with E-state index in [9.17, 15) is 9.59 Å². The molecule has 5 rings (SSSR count). The number of carbonyl (C=O) groups is 2. The first-order chi connectivity index (χ1) is 16.5. The zero-order valence-corrected chi connectivity index (χ0v) is 19.5. The molecule has 0 fully saturated rings. The molecule has 0 saturated heterocycles. The largest absolute Gasteiger partial charge is 0.496 e. The molecule has 0 aliphatic rings. The Morgan fingerprint density at radius 1 is 1.03 bits per heavy atom. The van der Waals surface area contributed by atoms with Crippen LogP contribution in [0.1, 0.15) is 21.2 Å². The van der Waals surface area contributed by atoms with Crippen LogP contribution in [-0.4, -0.2) is 29.1 Å². The van der Waals surface area contributed by atoms with E-state index < -0.39 is 11.2 Å². The minimum absolute atomic E-state index is 0.300. The van der Waals surface area contributed by atoms with Gasteiger partial charge in [0.1, 0.15) is 22.2 Å². The van der Waals surface area contributed by atoms with Crippen LogP contribution in [0, 0.1) is 0 Å². The molecule has 5 aromatic rings.